The van der Waals surface area contributed by atoms with E-state index in [2.05, 4.69) is 0 Å². The fraction of sp³-hybridized carbons (Fsp3) is 0.364. The van der Waals surface area contributed by atoms with Gasteiger partial charge in [0.2, 0.25) is 5.91 Å². The van der Waals surface area contributed by atoms with E-state index in [1.807, 2.05) is 36.2 Å². The van der Waals surface area contributed by atoms with Gasteiger partial charge in [0, 0.05) is 11.6 Å². The average molecular weight is 227 g/mol. The van der Waals surface area contributed by atoms with Crippen molar-refractivity contribution in [3.05, 3.63) is 34.9 Å². The number of primary amides is 1. The van der Waals surface area contributed by atoms with Crippen LogP contribution in [0.25, 0.3) is 0 Å². The van der Waals surface area contributed by atoms with Gasteiger partial charge in [-0.15, -0.1) is 0 Å². The summed E-state index contributed by atoms with van der Waals surface area (Å²) in [4.78, 5) is 12.8. The van der Waals surface area contributed by atoms with E-state index in [1.54, 1.807) is 6.92 Å². The Morgan fingerprint density at radius 2 is 2.27 bits per heavy atom. The fourth-order valence-corrected chi connectivity index (χ4v) is 1.49. The van der Waals surface area contributed by atoms with Crippen molar-refractivity contribution in [3.63, 3.8) is 0 Å². The van der Waals surface area contributed by atoms with Gasteiger partial charge in [-0.25, -0.2) is 0 Å². The van der Waals surface area contributed by atoms with Crippen LogP contribution in [0, 0.1) is 0 Å². The molecular weight excluding hydrogens is 212 g/mol. The van der Waals surface area contributed by atoms with Crippen LogP contribution in [0.2, 0.25) is 5.02 Å². The van der Waals surface area contributed by atoms with Gasteiger partial charge >= 0.3 is 0 Å². The smallest absolute Gasteiger partial charge is 0.234 e. The second-order valence-corrected chi connectivity index (χ2v) is 4.06. The maximum atomic E-state index is 11.0. The van der Waals surface area contributed by atoms with E-state index in [0.29, 0.717) is 11.6 Å². The summed E-state index contributed by atoms with van der Waals surface area (Å²) in [5, 5.41) is 0.702. The van der Waals surface area contributed by atoms with Gasteiger partial charge in [0.05, 0.1) is 6.04 Å². The van der Waals surface area contributed by atoms with E-state index in [4.69, 9.17) is 17.3 Å². The highest BCUT2D eigenvalue weighted by molar-refractivity contribution is 6.30. The molecule has 0 saturated heterocycles. The first kappa shape index (κ1) is 12.0. The number of hydrogen-bond acceptors (Lipinski definition) is 2. The number of benzene rings is 1. The zero-order valence-corrected chi connectivity index (χ0v) is 9.66. The molecule has 3 nitrogen and oxygen atoms in total. The van der Waals surface area contributed by atoms with Crippen molar-refractivity contribution in [2.75, 3.05) is 7.05 Å². The van der Waals surface area contributed by atoms with E-state index in [0.717, 1.165) is 5.56 Å². The van der Waals surface area contributed by atoms with E-state index in [9.17, 15) is 4.79 Å². The van der Waals surface area contributed by atoms with Gasteiger partial charge in [-0.05, 0) is 31.7 Å². The highest BCUT2D eigenvalue weighted by Crippen LogP contribution is 2.12. The molecule has 0 aliphatic carbocycles. The first-order valence-electron chi connectivity index (χ1n) is 4.74. The van der Waals surface area contributed by atoms with Crippen LogP contribution in [0.15, 0.2) is 24.3 Å². The summed E-state index contributed by atoms with van der Waals surface area (Å²) in [5.41, 5.74) is 6.28. The lowest BCUT2D eigenvalue weighted by molar-refractivity contribution is -0.122. The second kappa shape index (κ2) is 5.14. The van der Waals surface area contributed by atoms with Crippen molar-refractivity contribution >= 4 is 17.5 Å². The Morgan fingerprint density at radius 1 is 1.60 bits per heavy atom. The Kier molecular flexibility index (Phi) is 4.12. The minimum atomic E-state index is -0.320. The summed E-state index contributed by atoms with van der Waals surface area (Å²) >= 11 is 5.86. The van der Waals surface area contributed by atoms with Crippen LogP contribution in [0.3, 0.4) is 0 Å². The summed E-state index contributed by atoms with van der Waals surface area (Å²) in [6.07, 6.45) is 0. The molecule has 1 amide bonds. The van der Waals surface area contributed by atoms with Crippen molar-refractivity contribution in [2.24, 2.45) is 5.73 Å². The molecule has 0 heterocycles. The SMILES string of the molecule is C[C@H](C(N)=O)N(C)Cc1cccc(Cl)c1. The van der Waals surface area contributed by atoms with Crippen molar-refractivity contribution in [3.8, 4) is 0 Å². The number of amides is 1. The third kappa shape index (κ3) is 3.53. The minimum absolute atomic E-state index is 0.274. The van der Waals surface area contributed by atoms with Crippen LogP contribution in [-0.2, 0) is 11.3 Å². The Hall–Kier alpha value is -1.06. The third-order valence-corrected chi connectivity index (χ3v) is 2.63. The number of likely N-dealkylation sites (N-methyl/N-ethyl adjacent to an activating group) is 1. The predicted molar refractivity (Wildman–Crippen MR) is 61.6 cm³/mol. The van der Waals surface area contributed by atoms with Crippen LogP contribution in [-0.4, -0.2) is 23.9 Å². The number of carbonyl (C=O) groups is 1. The monoisotopic (exact) mass is 226 g/mol. The van der Waals surface area contributed by atoms with Gasteiger partial charge in [-0.3, -0.25) is 9.69 Å². The number of nitrogens with two attached hydrogens (primary N) is 1. The highest BCUT2D eigenvalue weighted by Gasteiger charge is 2.14. The van der Waals surface area contributed by atoms with Crippen LogP contribution >= 0.6 is 11.6 Å². The average Bonchev–Trinajstić information content (AvgIpc) is 2.16. The summed E-state index contributed by atoms with van der Waals surface area (Å²) in [7, 11) is 1.86. The summed E-state index contributed by atoms with van der Waals surface area (Å²) < 4.78 is 0. The predicted octanol–water partition coefficient (Wildman–Crippen LogP) is 1.65. The van der Waals surface area contributed by atoms with E-state index in [-0.39, 0.29) is 11.9 Å². The van der Waals surface area contributed by atoms with Crippen molar-refractivity contribution < 1.29 is 4.79 Å². The summed E-state index contributed by atoms with van der Waals surface area (Å²) in [6, 6.07) is 7.29. The minimum Gasteiger partial charge on any atom is -0.368 e. The van der Waals surface area contributed by atoms with Crippen LogP contribution in [0.4, 0.5) is 0 Å². The molecule has 0 aliphatic rings. The largest absolute Gasteiger partial charge is 0.368 e. The normalized spacial score (nSPS) is 12.8. The van der Waals surface area contributed by atoms with Gasteiger partial charge < -0.3 is 5.73 Å². The maximum absolute atomic E-state index is 11.0. The first-order chi connectivity index (χ1) is 7.00. The number of rotatable bonds is 4. The van der Waals surface area contributed by atoms with Gasteiger partial charge in [0.15, 0.2) is 0 Å². The Bertz CT molecular complexity index is 354. The number of hydrogen-bond donors (Lipinski definition) is 1. The van der Waals surface area contributed by atoms with Gasteiger partial charge in [0.25, 0.3) is 0 Å². The topological polar surface area (TPSA) is 46.3 Å². The van der Waals surface area contributed by atoms with Gasteiger partial charge in [-0.2, -0.15) is 0 Å². The Labute approximate surface area is 94.8 Å². The standard InChI is InChI=1S/C11H15ClN2O/c1-8(11(13)15)14(2)7-9-4-3-5-10(12)6-9/h3-6,8H,7H2,1-2H3,(H2,13,15)/t8-/m1/s1. The molecule has 4 heteroatoms. The molecule has 82 valence electrons. The quantitative estimate of drug-likeness (QED) is 0.849. The molecule has 0 fully saturated rings. The molecule has 1 aromatic carbocycles. The lowest BCUT2D eigenvalue weighted by Gasteiger charge is -2.21. The summed E-state index contributed by atoms with van der Waals surface area (Å²) in [5.74, 6) is -0.320. The van der Waals surface area contributed by atoms with Crippen molar-refractivity contribution in [1.82, 2.24) is 4.90 Å². The first-order valence-corrected chi connectivity index (χ1v) is 5.12. The van der Waals surface area contributed by atoms with Crippen molar-refractivity contribution in [2.45, 2.75) is 19.5 Å². The van der Waals surface area contributed by atoms with Crippen molar-refractivity contribution in [1.29, 1.82) is 0 Å². The molecule has 0 radical (unpaired) electrons. The maximum Gasteiger partial charge on any atom is 0.234 e. The van der Waals surface area contributed by atoms with E-state index < -0.39 is 0 Å². The molecule has 1 atom stereocenters. The molecule has 0 spiro atoms. The molecule has 0 aliphatic heterocycles. The Balaban J connectivity index is 2.66. The molecule has 0 aromatic heterocycles. The number of halogens is 1. The van der Waals surface area contributed by atoms with Crippen LogP contribution in [0.1, 0.15) is 12.5 Å². The molecule has 0 bridgehead atoms. The van der Waals surface area contributed by atoms with E-state index in [1.165, 1.54) is 0 Å². The fourth-order valence-electron chi connectivity index (χ4n) is 1.28. The zero-order chi connectivity index (χ0) is 11.4. The molecule has 0 unspecified atom stereocenters. The molecule has 2 N–H and O–H groups in total. The zero-order valence-electron chi connectivity index (χ0n) is 8.90. The van der Waals surface area contributed by atoms with Crippen LogP contribution in [0.5, 0.6) is 0 Å². The summed E-state index contributed by atoms with van der Waals surface area (Å²) in [6.45, 7) is 2.44. The van der Waals surface area contributed by atoms with Gasteiger partial charge in [0.1, 0.15) is 0 Å². The molecule has 15 heavy (non-hydrogen) atoms. The highest BCUT2D eigenvalue weighted by atomic mass is 35.5. The lowest BCUT2D eigenvalue weighted by atomic mass is 10.2. The molecule has 1 aromatic rings. The number of carbonyl (C=O) groups excluding carboxylic acids is 1. The number of nitrogens with zero attached hydrogens (tertiary/aromatic N) is 1. The van der Waals surface area contributed by atoms with Gasteiger partial charge in [-0.1, -0.05) is 23.7 Å². The Morgan fingerprint density at radius 3 is 2.80 bits per heavy atom. The van der Waals surface area contributed by atoms with E-state index >= 15 is 0 Å². The third-order valence-electron chi connectivity index (χ3n) is 2.39. The molecule has 1 rings (SSSR count). The second-order valence-electron chi connectivity index (χ2n) is 3.62. The molecule has 0 saturated carbocycles. The molecular formula is C11H15ClN2O. The van der Waals surface area contributed by atoms with Crippen LogP contribution < -0.4 is 5.73 Å². The lowest BCUT2D eigenvalue weighted by Crippen LogP contribution is -2.39.